The molecule has 0 saturated heterocycles. The number of aliphatic hydroxyl groups excluding tert-OH is 1. The van der Waals surface area contributed by atoms with Gasteiger partial charge < -0.3 is 5.11 Å². The third kappa shape index (κ3) is 1.82. The van der Waals surface area contributed by atoms with Crippen molar-refractivity contribution in [3.05, 3.63) is 12.2 Å². The Labute approximate surface area is 68.5 Å². The highest BCUT2D eigenvalue weighted by atomic mass is 16.3. The van der Waals surface area contributed by atoms with Crippen LogP contribution in [0.2, 0.25) is 0 Å². The van der Waals surface area contributed by atoms with Crippen molar-refractivity contribution < 1.29 is 5.11 Å². The van der Waals surface area contributed by atoms with Crippen LogP contribution in [-0.4, -0.2) is 35.2 Å². The molecule has 1 aliphatic carbocycles. The summed E-state index contributed by atoms with van der Waals surface area (Å²) in [5.41, 5.74) is 0. The van der Waals surface area contributed by atoms with Gasteiger partial charge >= 0.3 is 0 Å². The minimum atomic E-state index is -0.171. The van der Waals surface area contributed by atoms with Gasteiger partial charge in [-0.15, -0.1) is 0 Å². The monoisotopic (exact) mass is 155 g/mol. The molecule has 0 heterocycles. The predicted octanol–water partition coefficient (Wildman–Crippen LogP) is 1.02. The first-order chi connectivity index (χ1) is 5.29. The van der Waals surface area contributed by atoms with Gasteiger partial charge in [-0.3, -0.25) is 4.90 Å². The van der Waals surface area contributed by atoms with E-state index >= 15 is 0 Å². The Balaban J connectivity index is 2.50. The third-order valence-corrected chi connectivity index (χ3v) is 2.34. The van der Waals surface area contributed by atoms with Gasteiger partial charge in [0.2, 0.25) is 0 Å². The van der Waals surface area contributed by atoms with Crippen LogP contribution in [0.1, 0.15) is 20.3 Å². The normalized spacial score (nSPS) is 30.2. The summed E-state index contributed by atoms with van der Waals surface area (Å²) >= 11 is 0. The lowest BCUT2D eigenvalue weighted by atomic mass is 10.2. The molecule has 1 rings (SSSR count). The lowest BCUT2D eigenvalue weighted by Gasteiger charge is -2.27. The molecular weight excluding hydrogens is 138 g/mol. The number of hydrogen-bond acceptors (Lipinski definition) is 2. The van der Waals surface area contributed by atoms with Crippen LogP contribution in [0.3, 0.4) is 0 Å². The number of likely N-dealkylation sites (N-methyl/N-ethyl adjacent to an activating group) is 1. The lowest BCUT2D eigenvalue weighted by Crippen LogP contribution is -2.39. The van der Waals surface area contributed by atoms with E-state index in [4.69, 9.17) is 0 Å². The van der Waals surface area contributed by atoms with E-state index in [2.05, 4.69) is 30.9 Å². The standard InChI is InChI=1S/C9H17NO/c1-3-10(4-2)8-6-5-7-9(8)11/h5-6,8-9,11H,3-4,7H2,1-2H3. The van der Waals surface area contributed by atoms with Crippen molar-refractivity contribution in [2.24, 2.45) is 0 Å². The lowest BCUT2D eigenvalue weighted by molar-refractivity contribution is 0.0909. The summed E-state index contributed by atoms with van der Waals surface area (Å²) < 4.78 is 0. The maximum Gasteiger partial charge on any atom is 0.0765 e. The number of hydrogen-bond donors (Lipinski definition) is 1. The van der Waals surface area contributed by atoms with Gasteiger partial charge in [0.25, 0.3) is 0 Å². The molecule has 0 amide bonds. The Morgan fingerprint density at radius 3 is 2.45 bits per heavy atom. The molecule has 2 atom stereocenters. The molecule has 2 heteroatoms. The maximum absolute atomic E-state index is 9.52. The molecule has 2 unspecified atom stereocenters. The second kappa shape index (κ2) is 3.88. The molecule has 0 radical (unpaired) electrons. The van der Waals surface area contributed by atoms with E-state index in [1.165, 1.54) is 0 Å². The van der Waals surface area contributed by atoms with Crippen LogP contribution in [0.4, 0.5) is 0 Å². The molecule has 0 aromatic rings. The van der Waals surface area contributed by atoms with Crippen LogP contribution in [0, 0.1) is 0 Å². The molecule has 2 nitrogen and oxygen atoms in total. The molecule has 0 bridgehead atoms. The average Bonchev–Trinajstić information content (AvgIpc) is 2.40. The molecular formula is C9H17NO. The van der Waals surface area contributed by atoms with Crippen LogP contribution in [0.15, 0.2) is 12.2 Å². The van der Waals surface area contributed by atoms with Crippen molar-refractivity contribution in [1.29, 1.82) is 0 Å². The van der Waals surface area contributed by atoms with Gasteiger partial charge in [0.05, 0.1) is 12.1 Å². The molecule has 0 saturated carbocycles. The van der Waals surface area contributed by atoms with Crippen molar-refractivity contribution in [2.75, 3.05) is 13.1 Å². The van der Waals surface area contributed by atoms with E-state index in [-0.39, 0.29) is 12.1 Å². The molecule has 0 aromatic heterocycles. The Hall–Kier alpha value is -0.340. The van der Waals surface area contributed by atoms with Crippen molar-refractivity contribution >= 4 is 0 Å². The quantitative estimate of drug-likeness (QED) is 0.615. The second-order valence-electron chi connectivity index (χ2n) is 2.94. The second-order valence-corrected chi connectivity index (χ2v) is 2.94. The SMILES string of the molecule is CCN(CC)C1C=CCC1O. The Morgan fingerprint density at radius 2 is 2.09 bits per heavy atom. The summed E-state index contributed by atoms with van der Waals surface area (Å²) in [7, 11) is 0. The summed E-state index contributed by atoms with van der Waals surface area (Å²) in [6, 6.07) is 0.269. The molecule has 0 fully saturated rings. The molecule has 11 heavy (non-hydrogen) atoms. The average molecular weight is 155 g/mol. The van der Waals surface area contributed by atoms with Gasteiger partial charge in [-0.1, -0.05) is 26.0 Å². The summed E-state index contributed by atoms with van der Waals surface area (Å²) in [6.07, 6.45) is 4.82. The van der Waals surface area contributed by atoms with Crippen molar-refractivity contribution in [3.63, 3.8) is 0 Å². The molecule has 0 aliphatic heterocycles. The van der Waals surface area contributed by atoms with E-state index in [0.717, 1.165) is 19.5 Å². The predicted molar refractivity (Wildman–Crippen MR) is 46.5 cm³/mol. The molecule has 1 aliphatic rings. The first kappa shape index (κ1) is 8.75. The highest BCUT2D eigenvalue weighted by molar-refractivity contribution is 5.06. The number of rotatable bonds is 3. The minimum absolute atomic E-state index is 0.171. The Kier molecular flexibility index (Phi) is 3.09. The fourth-order valence-electron chi connectivity index (χ4n) is 1.64. The van der Waals surface area contributed by atoms with E-state index in [9.17, 15) is 5.11 Å². The van der Waals surface area contributed by atoms with Gasteiger partial charge in [0.1, 0.15) is 0 Å². The summed E-state index contributed by atoms with van der Waals surface area (Å²) in [6.45, 7) is 6.29. The van der Waals surface area contributed by atoms with Crippen LogP contribution in [0.5, 0.6) is 0 Å². The van der Waals surface area contributed by atoms with Gasteiger partial charge in [0.15, 0.2) is 0 Å². The zero-order valence-corrected chi connectivity index (χ0v) is 7.33. The van der Waals surface area contributed by atoms with Crippen LogP contribution >= 0.6 is 0 Å². The molecule has 1 N–H and O–H groups in total. The van der Waals surface area contributed by atoms with Gasteiger partial charge in [0, 0.05) is 0 Å². The van der Waals surface area contributed by atoms with Crippen molar-refractivity contribution in [1.82, 2.24) is 4.90 Å². The molecule has 0 spiro atoms. The van der Waals surface area contributed by atoms with Crippen LogP contribution < -0.4 is 0 Å². The highest BCUT2D eigenvalue weighted by Crippen LogP contribution is 2.16. The maximum atomic E-state index is 9.52. The Morgan fingerprint density at radius 1 is 1.45 bits per heavy atom. The van der Waals surface area contributed by atoms with Gasteiger partial charge in [-0.25, -0.2) is 0 Å². The number of nitrogens with zero attached hydrogens (tertiary/aromatic N) is 1. The topological polar surface area (TPSA) is 23.5 Å². The molecule has 0 aromatic carbocycles. The zero-order chi connectivity index (χ0) is 8.27. The van der Waals surface area contributed by atoms with Crippen LogP contribution in [0.25, 0.3) is 0 Å². The first-order valence-electron chi connectivity index (χ1n) is 4.38. The third-order valence-electron chi connectivity index (χ3n) is 2.34. The highest BCUT2D eigenvalue weighted by Gasteiger charge is 2.24. The Bertz CT molecular complexity index is 140. The van der Waals surface area contributed by atoms with Gasteiger partial charge in [-0.05, 0) is 19.5 Å². The van der Waals surface area contributed by atoms with Crippen molar-refractivity contribution in [3.8, 4) is 0 Å². The van der Waals surface area contributed by atoms with Crippen molar-refractivity contribution in [2.45, 2.75) is 32.4 Å². The van der Waals surface area contributed by atoms with Gasteiger partial charge in [-0.2, -0.15) is 0 Å². The van der Waals surface area contributed by atoms with Crippen LogP contribution in [-0.2, 0) is 0 Å². The summed E-state index contributed by atoms with van der Waals surface area (Å²) in [4.78, 5) is 2.27. The minimum Gasteiger partial charge on any atom is -0.391 e. The summed E-state index contributed by atoms with van der Waals surface area (Å²) in [5.74, 6) is 0. The fourth-order valence-corrected chi connectivity index (χ4v) is 1.64. The molecule has 64 valence electrons. The van der Waals surface area contributed by atoms with E-state index in [1.54, 1.807) is 0 Å². The van der Waals surface area contributed by atoms with E-state index in [1.807, 2.05) is 0 Å². The summed E-state index contributed by atoms with van der Waals surface area (Å²) in [5, 5.41) is 9.52. The zero-order valence-electron chi connectivity index (χ0n) is 7.33. The van der Waals surface area contributed by atoms with E-state index < -0.39 is 0 Å². The van der Waals surface area contributed by atoms with E-state index in [0.29, 0.717) is 0 Å². The first-order valence-corrected chi connectivity index (χ1v) is 4.38. The largest absolute Gasteiger partial charge is 0.391 e. The smallest absolute Gasteiger partial charge is 0.0765 e. The number of aliphatic hydroxyl groups is 1. The fraction of sp³-hybridized carbons (Fsp3) is 0.778.